The van der Waals surface area contributed by atoms with Crippen LogP contribution in [-0.4, -0.2) is 30.4 Å². The molecule has 4 heteroatoms. The smallest absolute Gasteiger partial charge is 0.254 e. The van der Waals surface area contributed by atoms with Gasteiger partial charge in [-0.1, -0.05) is 54.1 Å². The summed E-state index contributed by atoms with van der Waals surface area (Å²) in [5.41, 5.74) is 5.62. The van der Waals surface area contributed by atoms with Gasteiger partial charge in [0.15, 0.2) is 0 Å². The second-order valence-corrected chi connectivity index (χ2v) is 8.83. The molecule has 5 rings (SSSR count). The topological polar surface area (TPSA) is 23.6 Å². The average Bonchev–Trinajstić information content (AvgIpc) is 3.11. The van der Waals surface area contributed by atoms with Crippen molar-refractivity contribution in [2.45, 2.75) is 25.2 Å². The van der Waals surface area contributed by atoms with Crippen molar-refractivity contribution in [2.75, 3.05) is 24.5 Å². The van der Waals surface area contributed by atoms with Gasteiger partial charge in [0, 0.05) is 47.0 Å². The number of likely N-dealkylation sites (tertiary alicyclic amines) is 1. The molecule has 0 saturated carbocycles. The zero-order valence-electron chi connectivity index (χ0n) is 17.1. The van der Waals surface area contributed by atoms with Gasteiger partial charge in [0.05, 0.1) is 0 Å². The van der Waals surface area contributed by atoms with Gasteiger partial charge in [0.25, 0.3) is 5.91 Å². The highest BCUT2D eigenvalue weighted by Gasteiger charge is 2.45. The fraction of sp³-hybridized carbons (Fsp3) is 0.269. The van der Waals surface area contributed by atoms with Crippen LogP contribution in [0.15, 0.2) is 72.8 Å². The maximum Gasteiger partial charge on any atom is 0.254 e. The van der Waals surface area contributed by atoms with E-state index in [1.807, 2.05) is 30.0 Å². The minimum Gasteiger partial charge on any atom is -0.340 e. The number of para-hydroxylation sites is 2. The van der Waals surface area contributed by atoms with Crippen molar-refractivity contribution in [1.29, 1.82) is 0 Å². The Bertz CT molecular complexity index is 1090. The van der Waals surface area contributed by atoms with E-state index in [1.54, 1.807) is 0 Å². The Hall–Kier alpha value is -2.78. The van der Waals surface area contributed by atoms with Crippen LogP contribution in [0.25, 0.3) is 0 Å². The molecule has 30 heavy (non-hydrogen) atoms. The number of fused-ring (bicyclic) bond motifs is 2. The summed E-state index contributed by atoms with van der Waals surface area (Å²) < 4.78 is 0. The molecule has 3 aromatic rings. The zero-order valence-corrected chi connectivity index (χ0v) is 17.9. The van der Waals surface area contributed by atoms with E-state index in [-0.39, 0.29) is 11.3 Å². The molecule has 152 valence electrons. The molecular weight excluding hydrogens is 392 g/mol. The lowest BCUT2D eigenvalue weighted by molar-refractivity contribution is 0.0674. The number of hydrogen-bond acceptors (Lipinski definition) is 2. The summed E-state index contributed by atoms with van der Waals surface area (Å²) in [6.45, 7) is 4.42. The standard InChI is InChI=1S/C26H25ClN2O/c1-19-21(10-7-12-23(19)27)25(30)28-16-14-26(15-17-28)18-29(20-8-3-2-4-9-20)24-13-6-5-11-22(24)26/h2-13H,14-18H2,1H3. The third-order valence-electron chi connectivity index (χ3n) is 6.80. The van der Waals surface area contributed by atoms with E-state index in [1.165, 1.54) is 16.9 Å². The number of hydrogen-bond donors (Lipinski definition) is 0. The molecule has 0 N–H and O–H groups in total. The van der Waals surface area contributed by atoms with Crippen molar-refractivity contribution in [3.63, 3.8) is 0 Å². The van der Waals surface area contributed by atoms with Gasteiger partial charge in [-0.15, -0.1) is 0 Å². The van der Waals surface area contributed by atoms with Crippen LogP contribution in [0.3, 0.4) is 0 Å². The lowest BCUT2D eigenvalue weighted by Crippen LogP contribution is -2.47. The zero-order chi connectivity index (χ0) is 20.7. The molecule has 3 aromatic carbocycles. The summed E-state index contributed by atoms with van der Waals surface area (Å²) in [4.78, 5) is 17.6. The Morgan fingerprint density at radius 1 is 0.900 bits per heavy atom. The molecule has 2 aliphatic heterocycles. The molecule has 0 aromatic heterocycles. The number of amides is 1. The van der Waals surface area contributed by atoms with Crippen LogP contribution in [0, 0.1) is 6.92 Å². The van der Waals surface area contributed by atoms with Crippen LogP contribution in [0.1, 0.15) is 34.3 Å². The van der Waals surface area contributed by atoms with Gasteiger partial charge in [-0.25, -0.2) is 0 Å². The third-order valence-corrected chi connectivity index (χ3v) is 7.21. The van der Waals surface area contributed by atoms with E-state index in [2.05, 4.69) is 59.5 Å². The van der Waals surface area contributed by atoms with E-state index >= 15 is 0 Å². The van der Waals surface area contributed by atoms with Gasteiger partial charge in [-0.2, -0.15) is 0 Å². The predicted octanol–water partition coefficient (Wildman–Crippen LogP) is 5.97. The lowest BCUT2D eigenvalue weighted by Gasteiger charge is -2.40. The van der Waals surface area contributed by atoms with Crippen LogP contribution in [0.2, 0.25) is 5.02 Å². The SMILES string of the molecule is Cc1c(Cl)cccc1C(=O)N1CCC2(CC1)CN(c1ccccc1)c1ccccc12. The van der Waals surface area contributed by atoms with Crippen molar-refractivity contribution in [2.24, 2.45) is 0 Å². The van der Waals surface area contributed by atoms with Crippen molar-refractivity contribution in [3.05, 3.63) is 94.5 Å². The van der Waals surface area contributed by atoms with E-state index < -0.39 is 0 Å². The molecule has 1 amide bonds. The monoisotopic (exact) mass is 416 g/mol. The second kappa shape index (κ2) is 7.48. The number of nitrogens with zero attached hydrogens (tertiary/aromatic N) is 2. The predicted molar refractivity (Wildman–Crippen MR) is 123 cm³/mol. The summed E-state index contributed by atoms with van der Waals surface area (Å²) in [5.74, 6) is 0.0936. The Balaban J connectivity index is 1.40. The molecular formula is C26H25ClN2O. The number of benzene rings is 3. The fourth-order valence-electron chi connectivity index (χ4n) is 5.04. The Kier molecular flexibility index (Phi) is 4.79. The molecule has 0 radical (unpaired) electrons. The quantitative estimate of drug-likeness (QED) is 0.513. The molecule has 1 spiro atoms. The van der Waals surface area contributed by atoms with E-state index in [9.17, 15) is 4.79 Å². The minimum atomic E-state index is 0.0899. The number of carbonyl (C=O) groups excluding carboxylic acids is 1. The summed E-state index contributed by atoms with van der Waals surface area (Å²) in [6, 6.07) is 24.9. The highest BCUT2D eigenvalue weighted by molar-refractivity contribution is 6.31. The van der Waals surface area contributed by atoms with Crippen LogP contribution >= 0.6 is 11.6 Å². The van der Waals surface area contributed by atoms with Crippen LogP contribution in [0.4, 0.5) is 11.4 Å². The van der Waals surface area contributed by atoms with Gasteiger partial charge in [0.2, 0.25) is 0 Å². The first-order valence-corrected chi connectivity index (χ1v) is 10.9. The van der Waals surface area contributed by atoms with E-state index in [0.717, 1.165) is 43.6 Å². The highest BCUT2D eigenvalue weighted by atomic mass is 35.5. The number of halogens is 1. The average molecular weight is 417 g/mol. The van der Waals surface area contributed by atoms with Crippen molar-refractivity contribution < 1.29 is 4.79 Å². The summed E-state index contributed by atoms with van der Waals surface area (Å²) >= 11 is 6.25. The molecule has 0 bridgehead atoms. The molecule has 1 fully saturated rings. The van der Waals surface area contributed by atoms with Gasteiger partial charge >= 0.3 is 0 Å². The maximum absolute atomic E-state index is 13.2. The fourth-order valence-corrected chi connectivity index (χ4v) is 5.22. The first kappa shape index (κ1) is 19.2. The minimum absolute atomic E-state index is 0.0899. The van der Waals surface area contributed by atoms with Gasteiger partial charge in [0.1, 0.15) is 0 Å². The van der Waals surface area contributed by atoms with Crippen molar-refractivity contribution >= 4 is 28.9 Å². The largest absolute Gasteiger partial charge is 0.340 e. The molecule has 2 aliphatic rings. The molecule has 0 unspecified atom stereocenters. The maximum atomic E-state index is 13.2. The first-order valence-electron chi connectivity index (χ1n) is 10.6. The third kappa shape index (κ3) is 3.09. The second-order valence-electron chi connectivity index (χ2n) is 8.42. The molecule has 1 saturated heterocycles. The van der Waals surface area contributed by atoms with Crippen LogP contribution in [0.5, 0.6) is 0 Å². The summed E-state index contributed by atoms with van der Waals surface area (Å²) in [5, 5.41) is 0.651. The van der Waals surface area contributed by atoms with E-state index in [0.29, 0.717) is 5.02 Å². The molecule has 0 atom stereocenters. The van der Waals surface area contributed by atoms with E-state index in [4.69, 9.17) is 11.6 Å². The number of carbonyl (C=O) groups is 1. The number of anilines is 2. The van der Waals surface area contributed by atoms with Crippen molar-refractivity contribution in [3.8, 4) is 0 Å². The molecule has 0 aliphatic carbocycles. The van der Waals surface area contributed by atoms with Gasteiger partial charge in [-0.3, -0.25) is 4.79 Å². The first-order chi connectivity index (χ1) is 14.6. The normalized spacial score (nSPS) is 17.3. The van der Waals surface area contributed by atoms with Gasteiger partial charge < -0.3 is 9.80 Å². The number of piperidine rings is 1. The van der Waals surface area contributed by atoms with Crippen molar-refractivity contribution in [1.82, 2.24) is 4.90 Å². The Labute approximate surface area is 182 Å². The molecule has 3 nitrogen and oxygen atoms in total. The summed E-state index contributed by atoms with van der Waals surface area (Å²) in [6.07, 6.45) is 1.94. The van der Waals surface area contributed by atoms with Gasteiger partial charge in [-0.05, 0) is 61.2 Å². The molecule has 2 heterocycles. The number of rotatable bonds is 2. The van der Waals surface area contributed by atoms with Crippen LogP contribution in [-0.2, 0) is 5.41 Å². The lowest BCUT2D eigenvalue weighted by atomic mass is 9.74. The Morgan fingerprint density at radius 2 is 1.60 bits per heavy atom. The summed E-state index contributed by atoms with van der Waals surface area (Å²) in [7, 11) is 0. The highest BCUT2D eigenvalue weighted by Crippen LogP contribution is 2.49. The Morgan fingerprint density at radius 3 is 2.37 bits per heavy atom. The van der Waals surface area contributed by atoms with Crippen LogP contribution < -0.4 is 4.90 Å².